The minimum Gasteiger partial charge on any atom is -0.395 e. The number of nitrogens with zero attached hydrogens (tertiary/aromatic N) is 3. The van der Waals surface area contributed by atoms with E-state index in [-0.39, 0.29) is 30.3 Å². The minimum atomic E-state index is -0.359. The quantitative estimate of drug-likeness (QED) is 0.758. The number of aliphatic hydroxyl groups excluding tert-OH is 1. The summed E-state index contributed by atoms with van der Waals surface area (Å²) in [6.45, 7) is -0.106. The predicted molar refractivity (Wildman–Crippen MR) is 93.7 cm³/mol. The number of nitrogens with two attached hydrogens (primary N) is 1. The van der Waals surface area contributed by atoms with Crippen molar-refractivity contribution in [1.29, 1.82) is 5.26 Å². The van der Waals surface area contributed by atoms with Crippen LogP contribution >= 0.6 is 35.8 Å². The second kappa shape index (κ2) is 9.71. The van der Waals surface area contributed by atoms with Crippen molar-refractivity contribution in [3.63, 3.8) is 0 Å². The highest BCUT2D eigenvalue weighted by molar-refractivity contribution is 7.99. The molecule has 8 heteroatoms. The van der Waals surface area contributed by atoms with Gasteiger partial charge in [-0.25, -0.2) is 9.97 Å². The molecular weight excluding hydrogens is 355 g/mol. The van der Waals surface area contributed by atoms with Gasteiger partial charge in [0.15, 0.2) is 0 Å². The molecule has 1 heterocycles. The summed E-state index contributed by atoms with van der Waals surface area (Å²) in [5.41, 5.74) is 7.31. The molecule has 0 amide bonds. The van der Waals surface area contributed by atoms with Crippen molar-refractivity contribution in [3.05, 3.63) is 53.1 Å². The summed E-state index contributed by atoms with van der Waals surface area (Å²) in [6, 6.07) is 6.93. The molecule has 0 aliphatic heterocycles. The summed E-state index contributed by atoms with van der Waals surface area (Å²) in [5, 5.41) is 18.9. The number of nitriles is 1. The van der Waals surface area contributed by atoms with Crippen molar-refractivity contribution in [2.24, 2.45) is 5.73 Å². The van der Waals surface area contributed by atoms with Crippen molar-refractivity contribution in [3.8, 4) is 6.07 Å². The van der Waals surface area contributed by atoms with E-state index in [1.165, 1.54) is 18.1 Å². The first-order valence-corrected chi connectivity index (χ1v) is 7.87. The monoisotopic (exact) mass is 370 g/mol. The van der Waals surface area contributed by atoms with E-state index in [1.807, 2.05) is 0 Å². The molecule has 0 aliphatic rings. The number of hydrogen-bond acceptors (Lipinski definition) is 6. The smallest absolute Gasteiger partial charge is 0.115 e. The molecule has 1 aromatic carbocycles. The second-order valence-electron chi connectivity index (χ2n) is 4.71. The van der Waals surface area contributed by atoms with Crippen LogP contribution in [0.4, 0.5) is 0 Å². The fraction of sp³-hybridized carbons (Fsp3) is 0.267. The predicted octanol–water partition coefficient (Wildman–Crippen LogP) is 2.97. The molecule has 0 spiro atoms. The number of hydrogen-bond donors (Lipinski definition) is 2. The maximum atomic E-state index is 9.23. The molecule has 0 aliphatic carbocycles. The molecular formula is C15H16Cl2N4OS. The van der Waals surface area contributed by atoms with Crippen LogP contribution < -0.4 is 5.73 Å². The van der Waals surface area contributed by atoms with E-state index in [1.54, 1.807) is 30.6 Å². The van der Waals surface area contributed by atoms with Gasteiger partial charge in [0.25, 0.3) is 0 Å². The summed E-state index contributed by atoms with van der Waals surface area (Å²) in [4.78, 5) is 8.82. The second-order valence-corrected chi connectivity index (χ2v) is 6.39. The number of aliphatic hydroxyl groups is 1. The Morgan fingerprint density at radius 1 is 1.35 bits per heavy atom. The highest BCUT2D eigenvalue weighted by atomic mass is 35.5. The van der Waals surface area contributed by atoms with Gasteiger partial charge in [0, 0.05) is 39.2 Å². The lowest BCUT2D eigenvalue weighted by molar-refractivity contribution is 0.259. The van der Waals surface area contributed by atoms with Crippen LogP contribution in [0.3, 0.4) is 0 Å². The average Bonchev–Trinajstić information content (AvgIpc) is 2.55. The Bertz CT molecular complexity index is 666. The molecule has 1 aromatic heterocycles. The molecule has 0 bridgehead atoms. The molecule has 0 radical (unpaired) electrons. The summed E-state index contributed by atoms with van der Waals surface area (Å²) in [5.74, 6) is 0. The molecule has 0 fully saturated rings. The van der Waals surface area contributed by atoms with E-state index in [9.17, 15) is 10.4 Å². The number of halogens is 2. The lowest BCUT2D eigenvalue weighted by atomic mass is 10.1. The number of thioether (sulfide) groups is 1. The normalized spacial score (nSPS) is 12.8. The number of rotatable bonds is 6. The minimum absolute atomic E-state index is 0. The molecule has 0 saturated carbocycles. The van der Waals surface area contributed by atoms with E-state index >= 15 is 0 Å². The van der Waals surface area contributed by atoms with Gasteiger partial charge in [-0.2, -0.15) is 5.26 Å². The maximum absolute atomic E-state index is 9.23. The zero-order valence-electron chi connectivity index (χ0n) is 12.1. The van der Waals surface area contributed by atoms with Crippen molar-refractivity contribution < 1.29 is 5.11 Å². The Balaban J connectivity index is 0.00000264. The first-order valence-electron chi connectivity index (χ1n) is 6.61. The van der Waals surface area contributed by atoms with Crippen LogP contribution in [-0.4, -0.2) is 27.7 Å². The number of aromatic nitrogens is 2. The Morgan fingerprint density at radius 3 is 2.65 bits per heavy atom. The molecule has 0 unspecified atom stereocenters. The van der Waals surface area contributed by atoms with Crippen LogP contribution in [0.25, 0.3) is 0 Å². The van der Waals surface area contributed by atoms with E-state index in [2.05, 4.69) is 16.0 Å². The zero-order valence-corrected chi connectivity index (χ0v) is 14.5. The number of benzene rings is 1. The lowest BCUT2D eigenvalue weighted by Gasteiger charge is -2.20. The lowest BCUT2D eigenvalue weighted by Crippen LogP contribution is -2.26. The van der Waals surface area contributed by atoms with E-state index < -0.39 is 0 Å². The third kappa shape index (κ3) is 5.65. The molecule has 0 saturated heterocycles. The maximum Gasteiger partial charge on any atom is 0.115 e. The van der Waals surface area contributed by atoms with Gasteiger partial charge in [-0.05, 0) is 24.6 Å². The molecule has 2 atom stereocenters. The van der Waals surface area contributed by atoms with Gasteiger partial charge in [-0.3, -0.25) is 0 Å². The molecule has 122 valence electrons. The molecule has 5 nitrogen and oxygen atoms in total. The fourth-order valence-corrected chi connectivity index (χ4v) is 3.50. The summed E-state index contributed by atoms with van der Waals surface area (Å²) >= 11 is 7.50. The zero-order chi connectivity index (χ0) is 15.9. The Labute approximate surface area is 150 Å². The van der Waals surface area contributed by atoms with Crippen LogP contribution in [0.2, 0.25) is 5.02 Å². The Kier molecular flexibility index (Phi) is 8.31. The van der Waals surface area contributed by atoms with E-state index in [4.69, 9.17) is 17.3 Å². The SMILES string of the molecule is Cl.N#Cc1ccc(Cl)cc1S[C@H](C[C@H](N)CO)c1cncnc1. The first kappa shape index (κ1) is 19.7. The molecule has 2 aromatic rings. The standard InChI is InChI=1S/C15H15ClN4OS.ClH/c16-12-2-1-10(5-17)14(3-12)22-15(4-13(18)8-21)11-6-19-9-20-7-11;/h1-3,6-7,9,13,15,21H,4,8,18H2;1H/t13-,15+;/m0./s1. The van der Waals surface area contributed by atoms with Crippen LogP contribution in [0.5, 0.6) is 0 Å². The van der Waals surface area contributed by atoms with E-state index in [0.717, 1.165) is 10.5 Å². The van der Waals surface area contributed by atoms with Gasteiger partial charge >= 0.3 is 0 Å². The summed E-state index contributed by atoms with van der Waals surface area (Å²) in [7, 11) is 0. The Hall–Kier alpha value is -1.36. The third-order valence-electron chi connectivity index (χ3n) is 3.04. The van der Waals surface area contributed by atoms with Gasteiger partial charge in [0.1, 0.15) is 12.4 Å². The fourth-order valence-electron chi connectivity index (χ4n) is 1.92. The topological polar surface area (TPSA) is 95.8 Å². The van der Waals surface area contributed by atoms with Gasteiger partial charge in [0.05, 0.1) is 12.2 Å². The summed E-state index contributed by atoms with van der Waals surface area (Å²) in [6.07, 6.45) is 5.42. The van der Waals surface area contributed by atoms with Gasteiger partial charge < -0.3 is 10.8 Å². The third-order valence-corrected chi connectivity index (χ3v) is 4.61. The van der Waals surface area contributed by atoms with Gasteiger partial charge in [-0.15, -0.1) is 24.2 Å². The van der Waals surface area contributed by atoms with Crippen LogP contribution in [-0.2, 0) is 0 Å². The average molecular weight is 371 g/mol. The van der Waals surface area contributed by atoms with Gasteiger partial charge in [-0.1, -0.05) is 11.6 Å². The van der Waals surface area contributed by atoms with E-state index in [0.29, 0.717) is 17.0 Å². The molecule has 23 heavy (non-hydrogen) atoms. The van der Waals surface area contributed by atoms with Crippen molar-refractivity contribution in [2.75, 3.05) is 6.61 Å². The van der Waals surface area contributed by atoms with Crippen LogP contribution in [0.1, 0.15) is 22.8 Å². The first-order chi connectivity index (χ1) is 10.6. The highest BCUT2D eigenvalue weighted by Crippen LogP contribution is 2.40. The van der Waals surface area contributed by atoms with Crippen molar-refractivity contribution in [1.82, 2.24) is 9.97 Å². The van der Waals surface area contributed by atoms with Crippen molar-refractivity contribution in [2.45, 2.75) is 22.6 Å². The molecule has 3 N–H and O–H groups in total. The van der Waals surface area contributed by atoms with Gasteiger partial charge in [0.2, 0.25) is 0 Å². The Morgan fingerprint density at radius 2 is 2.04 bits per heavy atom. The van der Waals surface area contributed by atoms with Crippen molar-refractivity contribution >= 4 is 35.8 Å². The highest BCUT2D eigenvalue weighted by Gasteiger charge is 2.19. The molecule has 2 rings (SSSR count). The van der Waals surface area contributed by atoms with Crippen LogP contribution in [0, 0.1) is 11.3 Å². The largest absolute Gasteiger partial charge is 0.395 e. The van der Waals surface area contributed by atoms with Crippen LogP contribution in [0.15, 0.2) is 41.8 Å². The summed E-state index contributed by atoms with van der Waals surface area (Å²) < 4.78 is 0.